The van der Waals surface area contributed by atoms with E-state index in [1.165, 1.54) is 50.5 Å². The molecule has 0 bridgehead atoms. The number of rotatable bonds is 5. The van der Waals surface area contributed by atoms with Crippen molar-refractivity contribution in [3.05, 3.63) is 29.8 Å². The van der Waals surface area contributed by atoms with Crippen LogP contribution < -0.4 is 4.74 Å². The van der Waals surface area contributed by atoms with Gasteiger partial charge in [-0.05, 0) is 61.1 Å². The third kappa shape index (κ3) is 3.32. The van der Waals surface area contributed by atoms with Crippen molar-refractivity contribution in [2.45, 2.75) is 64.7 Å². The van der Waals surface area contributed by atoms with Crippen LogP contribution in [0.4, 0.5) is 0 Å². The van der Waals surface area contributed by atoms with Gasteiger partial charge < -0.3 is 4.74 Å². The lowest BCUT2D eigenvalue weighted by Crippen LogP contribution is -2.26. The summed E-state index contributed by atoms with van der Waals surface area (Å²) >= 11 is 0. The Balaban J connectivity index is 1.98. The summed E-state index contributed by atoms with van der Waals surface area (Å²) in [6.07, 6.45) is 9.65. The van der Waals surface area contributed by atoms with Crippen molar-refractivity contribution in [1.82, 2.24) is 0 Å². The highest BCUT2D eigenvalue weighted by Gasteiger charge is 2.33. The summed E-state index contributed by atoms with van der Waals surface area (Å²) < 4.78 is 5.24. The number of hydrogen-bond donors (Lipinski definition) is 0. The van der Waals surface area contributed by atoms with Gasteiger partial charge in [-0.3, -0.25) is 0 Å². The van der Waals surface area contributed by atoms with Crippen LogP contribution in [0, 0.1) is 5.41 Å². The molecule has 1 fully saturated rings. The van der Waals surface area contributed by atoms with Crippen LogP contribution in [0.5, 0.6) is 5.75 Å². The Hall–Kier alpha value is -0.980. The van der Waals surface area contributed by atoms with Gasteiger partial charge in [-0.1, -0.05) is 38.8 Å². The van der Waals surface area contributed by atoms with Crippen molar-refractivity contribution in [2.24, 2.45) is 5.41 Å². The molecule has 0 aliphatic heterocycles. The third-order valence-corrected chi connectivity index (χ3v) is 5.16. The largest absolute Gasteiger partial charge is 0.497 e. The third-order valence-electron chi connectivity index (χ3n) is 5.16. The SMILES string of the molecule is CCC[C@]1(CC)CC[C@H](c2ccc(OC)cc2)CC1. The average molecular weight is 260 g/mol. The van der Waals surface area contributed by atoms with E-state index >= 15 is 0 Å². The monoisotopic (exact) mass is 260 g/mol. The average Bonchev–Trinajstić information content (AvgIpc) is 2.48. The lowest BCUT2D eigenvalue weighted by molar-refractivity contribution is 0.150. The highest BCUT2D eigenvalue weighted by molar-refractivity contribution is 5.29. The van der Waals surface area contributed by atoms with Crippen LogP contribution in [0.15, 0.2) is 24.3 Å². The Kier molecular flexibility index (Phi) is 4.90. The molecule has 0 N–H and O–H groups in total. The Labute approximate surface area is 118 Å². The molecule has 0 radical (unpaired) electrons. The maximum atomic E-state index is 5.24. The minimum absolute atomic E-state index is 0.651. The molecule has 0 saturated heterocycles. The van der Waals surface area contributed by atoms with E-state index in [2.05, 4.69) is 38.1 Å². The van der Waals surface area contributed by atoms with E-state index < -0.39 is 0 Å². The fourth-order valence-corrected chi connectivity index (χ4v) is 3.75. The van der Waals surface area contributed by atoms with Gasteiger partial charge in [-0.15, -0.1) is 0 Å². The van der Waals surface area contributed by atoms with Crippen LogP contribution in [0.3, 0.4) is 0 Å². The number of hydrogen-bond acceptors (Lipinski definition) is 1. The van der Waals surface area contributed by atoms with Crippen LogP contribution >= 0.6 is 0 Å². The molecule has 0 heterocycles. The summed E-state index contributed by atoms with van der Waals surface area (Å²) in [6.45, 7) is 4.70. The summed E-state index contributed by atoms with van der Waals surface area (Å²) in [5.74, 6) is 1.73. The molecule has 0 spiro atoms. The minimum atomic E-state index is 0.651. The van der Waals surface area contributed by atoms with E-state index in [1.54, 1.807) is 7.11 Å². The maximum Gasteiger partial charge on any atom is 0.118 e. The summed E-state index contributed by atoms with van der Waals surface area (Å²) in [5, 5.41) is 0. The van der Waals surface area contributed by atoms with Gasteiger partial charge in [0.25, 0.3) is 0 Å². The molecule has 1 nitrogen and oxygen atoms in total. The quantitative estimate of drug-likeness (QED) is 0.674. The van der Waals surface area contributed by atoms with Crippen LogP contribution in [-0.2, 0) is 0 Å². The fourth-order valence-electron chi connectivity index (χ4n) is 3.75. The van der Waals surface area contributed by atoms with Gasteiger partial charge in [0, 0.05) is 0 Å². The first kappa shape index (κ1) is 14.4. The first-order chi connectivity index (χ1) is 9.23. The standard InChI is InChI=1S/C18H28O/c1-4-12-18(5-2)13-10-16(11-14-18)15-6-8-17(19-3)9-7-15/h6-9,16H,4-5,10-14H2,1-3H3/t16-,18+. The fraction of sp³-hybridized carbons (Fsp3) is 0.667. The summed E-state index contributed by atoms with van der Waals surface area (Å²) in [4.78, 5) is 0. The Morgan fingerprint density at radius 1 is 1.11 bits per heavy atom. The molecule has 1 aromatic carbocycles. The molecule has 0 unspecified atom stereocenters. The zero-order valence-corrected chi connectivity index (χ0v) is 12.7. The molecule has 0 aromatic heterocycles. The van der Waals surface area contributed by atoms with Crippen molar-refractivity contribution in [3.63, 3.8) is 0 Å². The molecule has 19 heavy (non-hydrogen) atoms. The maximum absolute atomic E-state index is 5.24. The van der Waals surface area contributed by atoms with Gasteiger partial charge in [-0.2, -0.15) is 0 Å². The van der Waals surface area contributed by atoms with Gasteiger partial charge in [-0.25, -0.2) is 0 Å². The number of ether oxygens (including phenoxy) is 1. The summed E-state index contributed by atoms with van der Waals surface area (Å²) in [7, 11) is 1.73. The highest BCUT2D eigenvalue weighted by Crippen LogP contribution is 2.47. The van der Waals surface area contributed by atoms with E-state index in [9.17, 15) is 0 Å². The molecule has 1 heteroatoms. The van der Waals surface area contributed by atoms with Gasteiger partial charge in [0.2, 0.25) is 0 Å². The van der Waals surface area contributed by atoms with Crippen molar-refractivity contribution in [2.75, 3.05) is 7.11 Å². The molecule has 1 aliphatic carbocycles. The van der Waals surface area contributed by atoms with Crippen LogP contribution in [0.1, 0.15) is 70.3 Å². The minimum Gasteiger partial charge on any atom is -0.497 e. The van der Waals surface area contributed by atoms with Crippen LogP contribution in [-0.4, -0.2) is 7.11 Å². The van der Waals surface area contributed by atoms with E-state index in [0.29, 0.717) is 5.41 Å². The Morgan fingerprint density at radius 3 is 2.21 bits per heavy atom. The Bertz CT molecular complexity index is 371. The first-order valence-corrected chi connectivity index (χ1v) is 7.87. The normalized spacial score (nSPS) is 27.2. The van der Waals surface area contributed by atoms with Crippen molar-refractivity contribution in [3.8, 4) is 5.75 Å². The number of methoxy groups -OCH3 is 1. The molecule has 0 amide bonds. The van der Waals surface area contributed by atoms with E-state index in [-0.39, 0.29) is 0 Å². The molecular weight excluding hydrogens is 232 g/mol. The molecule has 1 aromatic rings. The second-order valence-electron chi connectivity index (χ2n) is 6.15. The van der Waals surface area contributed by atoms with Gasteiger partial charge in [0.15, 0.2) is 0 Å². The van der Waals surface area contributed by atoms with E-state index in [0.717, 1.165) is 11.7 Å². The van der Waals surface area contributed by atoms with E-state index in [1.807, 2.05) is 0 Å². The predicted octanol–water partition coefficient (Wildman–Crippen LogP) is 5.55. The smallest absolute Gasteiger partial charge is 0.118 e. The zero-order chi connectivity index (χ0) is 13.7. The predicted molar refractivity (Wildman–Crippen MR) is 81.8 cm³/mol. The summed E-state index contributed by atoms with van der Waals surface area (Å²) in [6, 6.07) is 8.71. The van der Waals surface area contributed by atoms with Crippen molar-refractivity contribution in [1.29, 1.82) is 0 Å². The number of benzene rings is 1. The topological polar surface area (TPSA) is 9.23 Å². The second kappa shape index (κ2) is 6.45. The van der Waals surface area contributed by atoms with Crippen LogP contribution in [0.25, 0.3) is 0 Å². The van der Waals surface area contributed by atoms with Crippen LogP contribution in [0.2, 0.25) is 0 Å². The molecule has 0 atom stereocenters. The molecule has 2 rings (SSSR count). The zero-order valence-electron chi connectivity index (χ0n) is 12.7. The first-order valence-electron chi connectivity index (χ1n) is 7.87. The Morgan fingerprint density at radius 2 is 1.74 bits per heavy atom. The molecule has 1 aliphatic rings. The van der Waals surface area contributed by atoms with E-state index in [4.69, 9.17) is 4.74 Å². The lowest BCUT2D eigenvalue weighted by Gasteiger charge is -2.40. The molecular formula is C18H28O. The molecule has 1 saturated carbocycles. The van der Waals surface area contributed by atoms with Crippen molar-refractivity contribution < 1.29 is 4.74 Å². The lowest BCUT2D eigenvalue weighted by atomic mass is 9.65. The van der Waals surface area contributed by atoms with Crippen molar-refractivity contribution >= 4 is 0 Å². The second-order valence-corrected chi connectivity index (χ2v) is 6.15. The van der Waals surface area contributed by atoms with Gasteiger partial charge in [0.1, 0.15) is 5.75 Å². The summed E-state index contributed by atoms with van der Waals surface area (Å²) in [5.41, 5.74) is 2.15. The molecule has 106 valence electrons. The highest BCUT2D eigenvalue weighted by atomic mass is 16.5. The van der Waals surface area contributed by atoms with Gasteiger partial charge in [0.05, 0.1) is 7.11 Å². The van der Waals surface area contributed by atoms with Gasteiger partial charge >= 0.3 is 0 Å².